The molecule has 1 aromatic heterocycles. The van der Waals surface area contributed by atoms with Crippen LogP contribution in [-0.2, 0) is 10.0 Å². The van der Waals surface area contributed by atoms with Crippen molar-refractivity contribution in [2.75, 3.05) is 12.3 Å². The molecule has 3 aromatic rings. The normalized spacial score (nSPS) is 11.7. The molecule has 0 bridgehead atoms. The molecule has 0 fully saturated rings. The molecule has 0 aliphatic heterocycles. The maximum atomic E-state index is 12.4. The van der Waals surface area contributed by atoms with Crippen LogP contribution in [0.5, 0.6) is 0 Å². The molecule has 3 N–H and O–H groups in total. The highest BCUT2D eigenvalue weighted by Gasteiger charge is 2.14. The van der Waals surface area contributed by atoms with E-state index in [-0.39, 0.29) is 17.0 Å². The van der Waals surface area contributed by atoms with Crippen molar-refractivity contribution in [2.24, 2.45) is 0 Å². The fourth-order valence-electron chi connectivity index (χ4n) is 2.22. The van der Waals surface area contributed by atoms with Gasteiger partial charge in [-0.1, -0.05) is 11.6 Å². The zero-order valence-corrected chi connectivity index (χ0v) is 15.7. The number of hydrogen-bond acceptors (Lipinski definition) is 5. The van der Waals surface area contributed by atoms with Crippen LogP contribution < -0.4 is 15.8 Å². The third-order valence-electron chi connectivity index (χ3n) is 3.48. The maximum absolute atomic E-state index is 12.4. The van der Waals surface area contributed by atoms with Crippen LogP contribution in [0.15, 0.2) is 61.8 Å². The van der Waals surface area contributed by atoms with Crippen molar-refractivity contribution in [3.8, 4) is 0 Å². The predicted molar refractivity (Wildman–Crippen MR) is 103 cm³/mol. The van der Waals surface area contributed by atoms with Gasteiger partial charge in [-0.05, 0) is 42.5 Å². The molecule has 2 aromatic carbocycles. The average Bonchev–Trinajstić information content (AvgIpc) is 2.61. The first kappa shape index (κ1) is 18.7. The van der Waals surface area contributed by atoms with E-state index in [0.717, 1.165) is 4.90 Å². The second kappa shape index (κ2) is 7.67. The molecule has 0 amide bonds. The van der Waals surface area contributed by atoms with Crippen LogP contribution >= 0.6 is 23.4 Å². The minimum absolute atomic E-state index is 0.00388. The van der Waals surface area contributed by atoms with Crippen molar-refractivity contribution < 1.29 is 8.42 Å². The quantitative estimate of drug-likeness (QED) is 0.326. The molecule has 136 valence electrons. The molecule has 1 heterocycles. The van der Waals surface area contributed by atoms with Crippen LogP contribution in [0.25, 0.3) is 11.0 Å². The van der Waals surface area contributed by atoms with E-state index in [2.05, 4.69) is 14.7 Å². The van der Waals surface area contributed by atoms with E-state index in [1.54, 1.807) is 12.1 Å². The lowest BCUT2D eigenvalue weighted by Crippen LogP contribution is -2.29. The highest BCUT2D eigenvalue weighted by molar-refractivity contribution is 7.99. The lowest BCUT2D eigenvalue weighted by atomic mass is 10.3. The molecule has 0 unspecified atom stereocenters. The fourth-order valence-corrected chi connectivity index (χ4v) is 4.30. The third kappa shape index (κ3) is 4.36. The summed E-state index contributed by atoms with van der Waals surface area (Å²) < 4.78 is 27.3. The number of thioether (sulfide) groups is 1. The highest BCUT2D eigenvalue weighted by Crippen LogP contribution is 2.20. The van der Waals surface area contributed by atoms with Crippen LogP contribution in [0.3, 0.4) is 0 Å². The lowest BCUT2D eigenvalue weighted by molar-refractivity contribution is 0.584. The summed E-state index contributed by atoms with van der Waals surface area (Å²) >= 11 is 7.32. The first-order valence-corrected chi connectivity index (χ1v) is 10.3. The molecule has 0 atom stereocenters. The average molecular weight is 412 g/mol. The molecular weight excluding hydrogens is 398 g/mol. The van der Waals surface area contributed by atoms with Crippen LogP contribution in [0.2, 0.25) is 5.02 Å². The van der Waals surface area contributed by atoms with E-state index in [9.17, 15) is 18.0 Å². The molecule has 7 nitrogen and oxygen atoms in total. The number of rotatable bonds is 6. The molecule has 10 heteroatoms. The number of halogens is 1. The van der Waals surface area contributed by atoms with Gasteiger partial charge in [0, 0.05) is 22.2 Å². The zero-order valence-electron chi connectivity index (χ0n) is 13.3. The molecule has 0 saturated heterocycles. The van der Waals surface area contributed by atoms with Gasteiger partial charge in [0.05, 0.1) is 15.9 Å². The van der Waals surface area contributed by atoms with Crippen LogP contribution in [-0.4, -0.2) is 30.7 Å². The van der Waals surface area contributed by atoms with Crippen LogP contribution in [0.4, 0.5) is 0 Å². The molecule has 0 spiro atoms. The monoisotopic (exact) mass is 411 g/mol. The summed E-state index contributed by atoms with van der Waals surface area (Å²) in [7, 11) is -3.73. The molecule has 0 radical (unpaired) electrons. The highest BCUT2D eigenvalue weighted by atomic mass is 35.5. The van der Waals surface area contributed by atoms with Gasteiger partial charge < -0.3 is 9.97 Å². The number of fused-ring (bicyclic) bond motifs is 1. The van der Waals surface area contributed by atoms with Gasteiger partial charge in [0.2, 0.25) is 10.0 Å². The van der Waals surface area contributed by atoms with E-state index >= 15 is 0 Å². The van der Waals surface area contributed by atoms with Gasteiger partial charge in [-0.25, -0.2) is 13.1 Å². The molecule has 0 aliphatic rings. The summed E-state index contributed by atoms with van der Waals surface area (Å²) in [6, 6.07) is 11.4. The van der Waals surface area contributed by atoms with Gasteiger partial charge in [-0.15, -0.1) is 11.8 Å². The van der Waals surface area contributed by atoms with Crippen LogP contribution in [0, 0.1) is 0 Å². The Morgan fingerprint density at radius 2 is 1.62 bits per heavy atom. The summed E-state index contributed by atoms with van der Waals surface area (Å²) in [6.45, 7) is 0.232. The summed E-state index contributed by atoms with van der Waals surface area (Å²) in [5.74, 6) is 0.540. The second-order valence-corrected chi connectivity index (χ2v) is 8.69. The van der Waals surface area contributed by atoms with E-state index in [1.807, 2.05) is 12.1 Å². The Morgan fingerprint density at radius 3 is 2.31 bits per heavy atom. The Labute approximate surface area is 157 Å². The number of benzene rings is 2. The minimum Gasteiger partial charge on any atom is -0.316 e. The third-order valence-corrected chi connectivity index (χ3v) is 6.20. The van der Waals surface area contributed by atoms with E-state index < -0.39 is 21.1 Å². The number of aromatic nitrogens is 2. The Hall–Kier alpha value is -2.07. The van der Waals surface area contributed by atoms with E-state index in [4.69, 9.17) is 11.6 Å². The molecule has 0 aliphatic carbocycles. The van der Waals surface area contributed by atoms with Crippen LogP contribution in [0.1, 0.15) is 0 Å². The molecule has 3 rings (SSSR count). The number of nitrogens with one attached hydrogen (secondary N) is 3. The van der Waals surface area contributed by atoms with Crippen molar-refractivity contribution in [2.45, 2.75) is 9.79 Å². The van der Waals surface area contributed by atoms with E-state index in [1.165, 1.54) is 30.0 Å². The fraction of sp³-hybridized carbons (Fsp3) is 0.125. The van der Waals surface area contributed by atoms with Crippen molar-refractivity contribution in [1.82, 2.24) is 14.7 Å². The molecule has 0 saturated carbocycles. The van der Waals surface area contributed by atoms with Crippen molar-refractivity contribution in [3.05, 3.63) is 68.2 Å². The SMILES string of the molecule is O=c1[nH]c2ccc(S(=O)(=O)NCCSc3ccc(Cl)cc3)cc2[nH]c1=O. The van der Waals surface area contributed by atoms with Gasteiger partial charge >= 0.3 is 11.1 Å². The van der Waals surface area contributed by atoms with Crippen molar-refractivity contribution in [3.63, 3.8) is 0 Å². The Balaban J connectivity index is 1.68. The Morgan fingerprint density at radius 1 is 0.962 bits per heavy atom. The van der Waals surface area contributed by atoms with Gasteiger partial charge in [0.25, 0.3) is 0 Å². The number of aromatic amines is 2. The zero-order chi connectivity index (χ0) is 18.7. The standard InChI is InChI=1S/C16H14ClN3O4S2/c17-10-1-3-11(4-2-10)25-8-7-18-26(23,24)12-5-6-13-14(9-12)20-16(22)15(21)19-13/h1-6,9,18H,7-8H2,(H,19,21)(H,20,22). The summed E-state index contributed by atoms with van der Waals surface area (Å²) in [4.78, 5) is 28.4. The smallest absolute Gasteiger partial charge is 0.314 e. The first-order chi connectivity index (χ1) is 12.3. The lowest BCUT2D eigenvalue weighted by Gasteiger charge is -2.08. The largest absolute Gasteiger partial charge is 0.316 e. The van der Waals surface area contributed by atoms with Crippen molar-refractivity contribution >= 4 is 44.4 Å². The molecular formula is C16H14ClN3O4S2. The van der Waals surface area contributed by atoms with E-state index in [0.29, 0.717) is 16.3 Å². The summed E-state index contributed by atoms with van der Waals surface area (Å²) in [5.41, 5.74) is -1.02. The number of hydrogen-bond donors (Lipinski definition) is 3. The summed E-state index contributed by atoms with van der Waals surface area (Å²) in [5, 5.41) is 0.644. The first-order valence-electron chi connectivity index (χ1n) is 7.49. The van der Waals surface area contributed by atoms with Gasteiger partial charge in [-0.3, -0.25) is 9.59 Å². The van der Waals surface area contributed by atoms with Gasteiger partial charge in [0.1, 0.15) is 0 Å². The predicted octanol–water partition coefficient (Wildman–Crippen LogP) is 1.94. The van der Waals surface area contributed by atoms with Crippen molar-refractivity contribution in [1.29, 1.82) is 0 Å². The van der Waals surface area contributed by atoms with Gasteiger partial charge in [0.15, 0.2) is 0 Å². The topological polar surface area (TPSA) is 112 Å². The second-order valence-electron chi connectivity index (χ2n) is 5.32. The number of sulfonamides is 1. The minimum atomic E-state index is -3.73. The number of H-pyrrole nitrogens is 2. The Bertz CT molecular complexity index is 1150. The Kier molecular flexibility index (Phi) is 5.52. The molecule has 26 heavy (non-hydrogen) atoms. The van der Waals surface area contributed by atoms with Gasteiger partial charge in [-0.2, -0.15) is 0 Å². The summed E-state index contributed by atoms with van der Waals surface area (Å²) in [6.07, 6.45) is 0. The maximum Gasteiger partial charge on any atom is 0.314 e.